The van der Waals surface area contributed by atoms with Crippen molar-refractivity contribution < 1.29 is 40.1 Å². The quantitative estimate of drug-likeness (QED) is 0.0764. The lowest BCUT2D eigenvalue weighted by molar-refractivity contribution is 0.0780. The zero-order valence-electron chi connectivity index (χ0n) is 30.5. The maximum atomic E-state index is 7.56. The molecule has 13 heteroatoms. The molecule has 0 saturated carbocycles. The first kappa shape index (κ1) is 43.5. The van der Waals surface area contributed by atoms with Crippen molar-refractivity contribution in [3.63, 3.8) is 0 Å². The van der Waals surface area contributed by atoms with Crippen molar-refractivity contribution in [2.75, 3.05) is 40.6 Å². The summed E-state index contributed by atoms with van der Waals surface area (Å²) < 4.78 is 59.1. The molecule has 0 saturated heterocycles. The average Bonchev–Trinajstić information content (AvgIpc) is 2.95. The van der Waals surface area contributed by atoms with E-state index in [9.17, 15) is 0 Å². The van der Waals surface area contributed by atoms with E-state index in [4.69, 9.17) is 40.1 Å². The van der Waals surface area contributed by atoms with Gasteiger partial charge in [-0.2, -0.15) is 0 Å². The SMILES string of the molecule is CC[Si](CCOC(C)C)(OC)O[Si](CC)(CCOC(C)C)O[Si](CC)(CCOC(C)C)O[Si](CC)(CCOC(C)C)OC. The topological polar surface area (TPSA) is 83.1 Å². The minimum absolute atomic E-state index is 0.122. The normalized spacial score (nSPS) is 18.3. The lowest BCUT2D eigenvalue weighted by Crippen LogP contribution is -2.64. The van der Waals surface area contributed by atoms with Crippen LogP contribution in [0.4, 0.5) is 0 Å². The van der Waals surface area contributed by atoms with Gasteiger partial charge in [0.15, 0.2) is 0 Å². The highest BCUT2D eigenvalue weighted by Crippen LogP contribution is 2.37. The molecule has 0 fully saturated rings. The Labute approximate surface area is 270 Å². The fraction of sp³-hybridized carbons (Fsp3) is 1.00. The number of ether oxygens (including phenoxy) is 4. The van der Waals surface area contributed by atoms with Crippen LogP contribution < -0.4 is 0 Å². The summed E-state index contributed by atoms with van der Waals surface area (Å²) in [5, 5.41) is 0. The third-order valence-electron chi connectivity index (χ3n) is 7.75. The first-order chi connectivity index (χ1) is 20.2. The highest BCUT2D eigenvalue weighted by Gasteiger charge is 2.55. The summed E-state index contributed by atoms with van der Waals surface area (Å²) in [7, 11) is -7.60. The fourth-order valence-electron chi connectivity index (χ4n) is 4.88. The second-order valence-electron chi connectivity index (χ2n) is 12.4. The molecule has 0 aromatic heterocycles. The van der Waals surface area contributed by atoms with Gasteiger partial charge in [0.25, 0.3) is 0 Å². The van der Waals surface area contributed by atoms with Crippen molar-refractivity contribution in [1.29, 1.82) is 0 Å². The van der Waals surface area contributed by atoms with Crippen LogP contribution in [0.3, 0.4) is 0 Å². The number of hydrogen-bond donors (Lipinski definition) is 0. The first-order valence-corrected chi connectivity index (χ1v) is 25.7. The Morgan fingerprint density at radius 3 is 0.767 bits per heavy atom. The van der Waals surface area contributed by atoms with Crippen molar-refractivity contribution >= 4 is 34.2 Å². The van der Waals surface area contributed by atoms with E-state index in [1.165, 1.54) is 0 Å². The van der Waals surface area contributed by atoms with Crippen LogP contribution in [0.5, 0.6) is 0 Å². The van der Waals surface area contributed by atoms with Crippen LogP contribution in [0.15, 0.2) is 0 Å². The Balaban J connectivity index is 6.75. The molecule has 0 spiro atoms. The molecule has 0 aliphatic heterocycles. The number of rotatable bonds is 28. The van der Waals surface area contributed by atoms with Crippen LogP contribution in [-0.2, 0) is 40.1 Å². The molecule has 4 atom stereocenters. The van der Waals surface area contributed by atoms with Crippen LogP contribution >= 0.6 is 0 Å². The van der Waals surface area contributed by atoms with Gasteiger partial charge in [0.05, 0.1) is 24.4 Å². The molecule has 0 aromatic rings. The van der Waals surface area contributed by atoms with Gasteiger partial charge in [0.1, 0.15) is 0 Å². The lowest BCUT2D eigenvalue weighted by Gasteiger charge is -2.47. The van der Waals surface area contributed by atoms with Crippen molar-refractivity contribution in [3.05, 3.63) is 0 Å². The summed E-state index contributed by atoms with van der Waals surface area (Å²) in [6.07, 6.45) is 0.549. The standard InChI is InChI=1S/C30H70O9Si4/c1-15-40(31-13,23-19-33-27(5)6)37-42(17-3,25-21-35-29(9)10)39-43(18-4,26-22-36-30(11)12)38-41(16-2,32-14)24-20-34-28(7)8/h27-30H,15-26H2,1-14H3. The van der Waals surface area contributed by atoms with Gasteiger partial charge in [0.2, 0.25) is 0 Å². The zero-order chi connectivity index (χ0) is 33.2. The molecule has 0 bridgehead atoms. The molecule has 0 aromatic carbocycles. The summed E-state index contributed by atoms with van der Waals surface area (Å²) >= 11 is 0. The van der Waals surface area contributed by atoms with E-state index >= 15 is 0 Å². The van der Waals surface area contributed by atoms with Gasteiger partial charge in [-0.3, -0.25) is 0 Å². The van der Waals surface area contributed by atoms with E-state index in [0.717, 1.165) is 36.3 Å². The average molecular weight is 687 g/mol. The molecule has 4 unspecified atom stereocenters. The summed E-state index contributed by atoms with van der Waals surface area (Å²) in [5.74, 6) is 0. The minimum atomic E-state index is -2.93. The van der Waals surface area contributed by atoms with Gasteiger partial charge in [-0.25, -0.2) is 0 Å². The Bertz CT molecular complexity index is 639. The Hall–Kier alpha value is 0.508. The van der Waals surface area contributed by atoms with Crippen molar-refractivity contribution in [2.24, 2.45) is 0 Å². The molecule has 260 valence electrons. The summed E-state index contributed by atoms with van der Waals surface area (Å²) in [4.78, 5) is 0. The minimum Gasteiger partial charge on any atom is -0.415 e. The monoisotopic (exact) mass is 686 g/mol. The Morgan fingerprint density at radius 1 is 0.372 bits per heavy atom. The molecule has 0 amide bonds. The molecule has 0 heterocycles. The highest BCUT2D eigenvalue weighted by molar-refractivity contribution is 6.90. The molecule has 0 N–H and O–H groups in total. The second-order valence-corrected chi connectivity index (χ2v) is 27.8. The Morgan fingerprint density at radius 2 is 0.581 bits per heavy atom. The third kappa shape index (κ3) is 16.8. The van der Waals surface area contributed by atoms with Gasteiger partial charge in [-0.1, -0.05) is 27.7 Å². The summed E-state index contributed by atoms with van der Waals surface area (Å²) in [5.41, 5.74) is 0. The predicted molar refractivity (Wildman–Crippen MR) is 186 cm³/mol. The van der Waals surface area contributed by atoms with Crippen LogP contribution in [0.2, 0.25) is 48.4 Å². The lowest BCUT2D eigenvalue weighted by atomic mass is 10.5. The smallest absolute Gasteiger partial charge is 0.331 e. The van der Waals surface area contributed by atoms with Crippen LogP contribution in [0.25, 0.3) is 0 Å². The molecular weight excluding hydrogens is 617 g/mol. The second kappa shape index (κ2) is 22.1. The first-order valence-electron chi connectivity index (χ1n) is 16.8. The van der Waals surface area contributed by atoms with Gasteiger partial charge >= 0.3 is 34.2 Å². The van der Waals surface area contributed by atoms with E-state index in [0.29, 0.717) is 38.5 Å². The largest absolute Gasteiger partial charge is 0.415 e. The van der Waals surface area contributed by atoms with E-state index in [1.54, 1.807) is 14.2 Å². The van der Waals surface area contributed by atoms with E-state index in [2.05, 4.69) is 83.1 Å². The zero-order valence-corrected chi connectivity index (χ0v) is 34.5. The van der Waals surface area contributed by atoms with E-state index in [-0.39, 0.29) is 24.4 Å². The van der Waals surface area contributed by atoms with Crippen molar-refractivity contribution in [2.45, 2.75) is 156 Å². The van der Waals surface area contributed by atoms with Gasteiger partial charge in [-0.05, 0) is 79.6 Å². The van der Waals surface area contributed by atoms with Gasteiger partial charge in [-0.15, -0.1) is 0 Å². The fourth-order valence-corrected chi connectivity index (χ4v) is 24.8. The Kier molecular flexibility index (Phi) is 22.4. The van der Waals surface area contributed by atoms with E-state index in [1.807, 2.05) is 0 Å². The van der Waals surface area contributed by atoms with Gasteiger partial charge < -0.3 is 40.1 Å². The molecular formula is C30H70O9Si4. The van der Waals surface area contributed by atoms with Crippen molar-refractivity contribution in [1.82, 2.24) is 0 Å². The molecule has 0 radical (unpaired) electrons. The molecule has 43 heavy (non-hydrogen) atoms. The maximum absolute atomic E-state index is 7.56. The number of hydrogen-bond acceptors (Lipinski definition) is 9. The van der Waals surface area contributed by atoms with Crippen LogP contribution in [0.1, 0.15) is 83.1 Å². The highest BCUT2D eigenvalue weighted by atomic mass is 28.5. The molecule has 9 nitrogen and oxygen atoms in total. The van der Waals surface area contributed by atoms with E-state index < -0.39 is 34.2 Å². The summed E-state index contributed by atoms with van der Waals surface area (Å²) in [6.45, 7) is 27.5. The van der Waals surface area contributed by atoms with Gasteiger partial charge in [0, 0.05) is 64.8 Å². The van der Waals surface area contributed by atoms with Crippen LogP contribution in [-0.4, -0.2) is 99.3 Å². The maximum Gasteiger partial charge on any atom is 0.331 e. The molecule has 0 aliphatic carbocycles. The molecule has 0 aliphatic rings. The van der Waals surface area contributed by atoms with Crippen molar-refractivity contribution in [3.8, 4) is 0 Å². The molecule has 0 rings (SSSR count). The summed E-state index contributed by atoms with van der Waals surface area (Å²) in [6, 6.07) is 6.07. The third-order valence-corrected chi connectivity index (χ3v) is 26.3. The predicted octanol–water partition coefficient (Wildman–Crippen LogP) is 7.88. The van der Waals surface area contributed by atoms with Crippen LogP contribution in [0, 0.1) is 0 Å².